The molecule has 2 rings (SSSR count). The molecule has 1 aromatic heterocycles. The fourth-order valence-corrected chi connectivity index (χ4v) is 2.47. The first-order valence-electron chi connectivity index (χ1n) is 7.52. The molecule has 1 heterocycles. The van der Waals surface area contributed by atoms with E-state index in [9.17, 15) is 0 Å². The van der Waals surface area contributed by atoms with Crippen LogP contribution in [0.25, 0.3) is 10.9 Å². The zero-order chi connectivity index (χ0) is 15.2. The lowest BCUT2D eigenvalue weighted by molar-refractivity contribution is 0.117. The van der Waals surface area contributed by atoms with Crippen LogP contribution in [0.15, 0.2) is 30.3 Å². The van der Waals surface area contributed by atoms with E-state index in [1.165, 1.54) is 0 Å². The Morgan fingerprint density at radius 1 is 1.33 bits per heavy atom. The van der Waals surface area contributed by atoms with Crippen LogP contribution < -0.4 is 5.73 Å². The van der Waals surface area contributed by atoms with Crippen molar-refractivity contribution in [3.8, 4) is 0 Å². The smallest absolute Gasteiger partial charge is 0.0726 e. The van der Waals surface area contributed by atoms with Gasteiger partial charge in [-0.15, -0.1) is 0 Å². The maximum Gasteiger partial charge on any atom is 0.0726 e. The molecule has 4 heteroatoms. The average molecular weight is 287 g/mol. The average Bonchev–Trinajstić information content (AvgIpc) is 2.50. The van der Waals surface area contributed by atoms with E-state index in [1.807, 2.05) is 30.3 Å². The maximum atomic E-state index is 6.16. The largest absolute Gasteiger partial charge is 0.398 e. The predicted molar refractivity (Wildman–Crippen MR) is 88.2 cm³/mol. The minimum absolute atomic E-state index is 0.495. The van der Waals surface area contributed by atoms with Gasteiger partial charge in [-0.05, 0) is 25.5 Å². The molecule has 0 saturated heterocycles. The number of pyridine rings is 1. The number of ether oxygens (including phenoxy) is 1. The first-order valence-corrected chi connectivity index (χ1v) is 7.52. The van der Waals surface area contributed by atoms with E-state index in [4.69, 9.17) is 15.5 Å². The molecule has 0 radical (unpaired) electrons. The molecule has 0 amide bonds. The summed E-state index contributed by atoms with van der Waals surface area (Å²) in [6, 6.07) is 10.5. The van der Waals surface area contributed by atoms with Gasteiger partial charge < -0.3 is 10.5 Å². The third-order valence-corrected chi connectivity index (χ3v) is 3.96. The molecule has 0 fully saturated rings. The highest BCUT2D eigenvalue weighted by Crippen LogP contribution is 2.21. The quantitative estimate of drug-likeness (QED) is 0.850. The minimum atomic E-state index is 0.495. The molecule has 2 aromatic rings. The molecule has 114 valence electrons. The summed E-state index contributed by atoms with van der Waals surface area (Å²) >= 11 is 0. The summed E-state index contributed by atoms with van der Waals surface area (Å²) in [7, 11) is 1.74. The number of methoxy groups -OCH3 is 1. The number of anilines is 1. The fourth-order valence-electron chi connectivity index (χ4n) is 2.47. The highest BCUT2D eigenvalue weighted by Gasteiger charge is 2.14. The van der Waals surface area contributed by atoms with Crippen LogP contribution in [-0.2, 0) is 11.3 Å². The van der Waals surface area contributed by atoms with Crippen molar-refractivity contribution in [3.05, 3.63) is 36.0 Å². The molecule has 1 atom stereocenters. The lowest BCUT2D eigenvalue weighted by Gasteiger charge is -2.28. The number of nitrogens with zero attached hydrogens (tertiary/aromatic N) is 2. The van der Waals surface area contributed by atoms with Crippen molar-refractivity contribution < 1.29 is 4.74 Å². The lowest BCUT2D eigenvalue weighted by atomic mass is 10.1. The zero-order valence-electron chi connectivity index (χ0n) is 13.2. The third kappa shape index (κ3) is 3.93. The highest BCUT2D eigenvalue weighted by atomic mass is 16.5. The Bertz CT molecular complexity index is 585. The molecular formula is C17H25N3O. The van der Waals surface area contributed by atoms with Crippen molar-refractivity contribution in [1.82, 2.24) is 9.88 Å². The number of hydrogen-bond acceptors (Lipinski definition) is 4. The van der Waals surface area contributed by atoms with Crippen LogP contribution in [0.4, 0.5) is 5.69 Å². The summed E-state index contributed by atoms with van der Waals surface area (Å²) < 4.78 is 5.21. The first-order chi connectivity index (χ1) is 10.2. The Kier molecular flexibility index (Phi) is 5.53. The molecule has 0 aliphatic heterocycles. The first kappa shape index (κ1) is 15.7. The number of benzene rings is 1. The van der Waals surface area contributed by atoms with E-state index >= 15 is 0 Å². The van der Waals surface area contributed by atoms with Crippen LogP contribution in [0.3, 0.4) is 0 Å². The van der Waals surface area contributed by atoms with Crippen molar-refractivity contribution in [2.75, 3.05) is 26.0 Å². The standard InChI is InChI=1S/C17H25N3O/c1-4-13(2)20(9-10-21-3)12-14-11-16(18)15-7-5-6-8-17(15)19-14/h5-8,11,13H,4,9-10,12H2,1-3H3,(H2,18,19). The second-order valence-corrected chi connectivity index (χ2v) is 5.44. The molecule has 0 saturated carbocycles. The molecule has 21 heavy (non-hydrogen) atoms. The summed E-state index contributed by atoms with van der Waals surface area (Å²) in [5.74, 6) is 0. The normalized spacial score (nSPS) is 13.0. The number of aromatic nitrogens is 1. The van der Waals surface area contributed by atoms with Crippen LogP contribution in [0, 0.1) is 0 Å². The van der Waals surface area contributed by atoms with Crippen molar-refractivity contribution in [2.45, 2.75) is 32.9 Å². The second kappa shape index (κ2) is 7.38. The number of rotatable bonds is 7. The highest BCUT2D eigenvalue weighted by molar-refractivity contribution is 5.90. The Morgan fingerprint density at radius 3 is 2.81 bits per heavy atom. The van der Waals surface area contributed by atoms with Crippen molar-refractivity contribution in [2.24, 2.45) is 0 Å². The van der Waals surface area contributed by atoms with Crippen LogP contribution in [0.2, 0.25) is 0 Å². The zero-order valence-corrected chi connectivity index (χ0v) is 13.2. The van der Waals surface area contributed by atoms with E-state index in [0.717, 1.165) is 48.4 Å². The van der Waals surface area contributed by atoms with Gasteiger partial charge in [0.05, 0.1) is 17.8 Å². The van der Waals surface area contributed by atoms with Crippen LogP contribution in [0.1, 0.15) is 26.0 Å². The monoisotopic (exact) mass is 287 g/mol. The van der Waals surface area contributed by atoms with Gasteiger partial charge in [0.1, 0.15) is 0 Å². The van der Waals surface area contributed by atoms with Gasteiger partial charge in [-0.1, -0.05) is 25.1 Å². The van der Waals surface area contributed by atoms with E-state index < -0.39 is 0 Å². The molecule has 1 aromatic carbocycles. The molecular weight excluding hydrogens is 262 g/mol. The molecule has 0 spiro atoms. The molecule has 0 aliphatic carbocycles. The van der Waals surface area contributed by atoms with Crippen LogP contribution >= 0.6 is 0 Å². The Labute approximate surface area is 126 Å². The molecule has 2 N–H and O–H groups in total. The Balaban J connectivity index is 2.23. The predicted octanol–water partition coefficient (Wildman–Crippen LogP) is 3.06. The van der Waals surface area contributed by atoms with Gasteiger partial charge in [-0.3, -0.25) is 9.88 Å². The van der Waals surface area contributed by atoms with E-state index in [-0.39, 0.29) is 0 Å². The lowest BCUT2D eigenvalue weighted by Crippen LogP contribution is -2.35. The number of nitrogens with two attached hydrogens (primary N) is 1. The van der Waals surface area contributed by atoms with Gasteiger partial charge in [0.2, 0.25) is 0 Å². The summed E-state index contributed by atoms with van der Waals surface area (Å²) in [5, 5.41) is 1.02. The number of nitrogen functional groups attached to an aromatic ring is 1. The third-order valence-electron chi connectivity index (χ3n) is 3.96. The SMILES string of the molecule is CCC(C)N(CCOC)Cc1cc(N)c2ccccc2n1. The van der Waals surface area contributed by atoms with Crippen LogP contribution in [-0.4, -0.2) is 36.2 Å². The summed E-state index contributed by atoms with van der Waals surface area (Å²) in [4.78, 5) is 7.13. The van der Waals surface area contributed by atoms with Gasteiger partial charge >= 0.3 is 0 Å². The van der Waals surface area contributed by atoms with Crippen LogP contribution in [0.5, 0.6) is 0 Å². The Hall–Kier alpha value is -1.65. The minimum Gasteiger partial charge on any atom is -0.398 e. The maximum absolute atomic E-state index is 6.16. The molecule has 1 unspecified atom stereocenters. The van der Waals surface area contributed by atoms with Gasteiger partial charge in [0.25, 0.3) is 0 Å². The fraction of sp³-hybridized carbons (Fsp3) is 0.471. The number of para-hydroxylation sites is 1. The number of hydrogen-bond donors (Lipinski definition) is 1. The summed E-state index contributed by atoms with van der Waals surface area (Å²) in [6.07, 6.45) is 1.10. The Morgan fingerprint density at radius 2 is 2.10 bits per heavy atom. The summed E-state index contributed by atoms with van der Waals surface area (Å²) in [5.41, 5.74) is 8.93. The van der Waals surface area contributed by atoms with Gasteiger partial charge in [0.15, 0.2) is 0 Å². The topological polar surface area (TPSA) is 51.4 Å². The van der Waals surface area contributed by atoms with Gasteiger partial charge in [0, 0.05) is 37.3 Å². The summed E-state index contributed by atoms with van der Waals surface area (Å²) in [6.45, 7) is 6.87. The van der Waals surface area contributed by atoms with Gasteiger partial charge in [-0.25, -0.2) is 0 Å². The molecule has 4 nitrogen and oxygen atoms in total. The van der Waals surface area contributed by atoms with Gasteiger partial charge in [-0.2, -0.15) is 0 Å². The molecule has 0 aliphatic rings. The molecule has 0 bridgehead atoms. The number of fused-ring (bicyclic) bond motifs is 1. The second-order valence-electron chi connectivity index (χ2n) is 5.44. The van der Waals surface area contributed by atoms with Crippen molar-refractivity contribution in [3.63, 3.8) is 0 Å². The van der Waals surface area contributed by atoms with E-state index in [0.29, 0.717) is 6.04 Å². The van der Waals surface area contributed by atoms with E-state index in [1.54, 1.807) is 7.11 Å². The van der Waals surface area contributed by atoms with E-state index in [2.05, 4.69) is 18.7 Å². The van der Waals surface area contributed by atoms with Crippen molar-refractivity contribution >= 4 is 16.6 Å². The van der Waals surface area contributed by atoms with Crippen molar-refractivity contribution in [1.29, 1.82) is 0 Å².